The summed E-state index contributed by atoms with van der Waals surface area (Å²) in [5.74, 6) is 0.349. The molecule has 1 nitrogen and oxygen atoms in total. The first kappa shape index (κ1) is 15.5. The summed E-state index contributed by atoms with van der Waals surface area (Å²) in [4.78, 5) is 0. The van der Waals surface area contributed by atoms with Crippen LogP contribution in [0.5, 0.6) is 5.75 Å². The highest BCUT2D eigenvalue weighted by Gasteiger charge is 2.15. The van der Waals surface area contributed by atoms with Crippen LogP contribution in [0.2, 0.25) is 0 Å². The van der Waals surface area contributed by atoms with Gasteiger partial charge in [0.1, 0.15) is 5.75 Å². The summed E-state index contributed by atoms with van der Waals surface area (Å²) in [7, 11) is 0. The number of benzene rings is 4. The molecule has 0 spiro atoms. The minimum Gasteiger partial charge on any atom is -0.507 e. The lowest BCUT2D eigenvalue weighted by Gasteiger charge is -2.16. The highest BCUT2D eigenvalue weighted by Crippen LogP contribution is 2.43. The first-order valence-corrected chi connectivity index (χ1v) is 8.53. The van der Waals surface area contributed by atoms with E-state index in [2.05, 4.69) is 62.4 Å². The second-order valence-electron chi connectivity index (χ2n) is 6.50. The molecule has 0 fully saturated rings. The molecule has 0 amide bonds. The quantitative estimate of drug-likeness (QED) is 0.446. The van der Waals surface area contributed by atoms with Gasteiger partial charge in [0.15, 0.2) is 0 Å². The molecule has 0 saturated carbocycles. The predicted molar refractivity (Wildman–Crippen MR) is 106 cm³/mol. The molecule has 4 aromatic carbocycles. The van der Waals surface area contributed by atoms with Crippen molar-refractivity contribution in [2.24, 2.45) is 0 Å². The molecule has 0 heterocycles. The number of rotatable bonds is 2. The van der Waals surface area contributed by atoms with Crippen molar-refractivity contribution in [2.45, 2.75) is 13.8 Å². The smallest absolute Gasteiger partial charge is 0.131 e. The summed E-state index contributed by atoms with van der Waals surface area (Å²) in [5.41, 5.74) is 6.70. The summed E-state index contributed by atoms with van der Waals surface area (Å²) in [6.07, 6.45) is 0. The average Bonchev–Trinajstić information content (AvgIpc) is 2.64. The minimum atomic E-state index is 0.349. The third-order valence-electron chi connectivity index (χ3n) is 4.89. The number of aromatic hydroxyl groups is 1. The molecule has 1 N–H and O–H groups in total. The number of aryl methyl sites for hydroxylation is 2. The van der Waals surface area contributed by atoms with Crippen LogP contribution in [0.4, 0.5) is 0 Å². The largest absolute Gasteiger partial charge is 0.507 e. The van der Waals surface area contributed by atoms with E-state index in [4.69, 9.17) is 0 Å². The van der Waals surface area contributed by atoms with E-state index < -0.39 is 0 Å². The van der Waals surface area contributed by atoms with E-state index in [-0.39, 0.29) is 0 Å². The van der Waals surface area contributed by atoms with Crippen LogP contribution < -0.4 is 0 Å². The van der Waals surface area contributed by atoms with Gasteiger partial charge in [0.2, 0.25) is 0 Å². The Morgan fingerprint density at radius 1 is 0.520 bits per heavy atom. The standard InChI is InChI=1S/C24H20O/c1-16-9-3-5-11-18(16)22-15-23(19-12-6-4-10-17(19)2)24(25)21-14-8-7-13-20(21)22/h3-15,25H,1-2H3. The number of fused-ring (bicyclic) bond motifs is 1. The van der Waals surface area contributed by atoms with Crippen molar-refractivity contribution < 1.29 is 5.11 Å². The van der Waals surface area contributed by atoms with Crippen molar-refractivity contribution in [1.82, 2.24) is 0 Å². The van der Waals surface area contributed by atoms with Crippen LogP contribution in [0.25, 0.3) is 33.0 Å². The van der Waals surface area contributed by atoms with Gasteiger partial charge in [0, 0.05) is 10.9 Å². The first-order chi connectivity index (χ1) is 12.2. The molecule has 0 radical (unpaired) electrons. The maximum Gasteiger partial charge on any atom is 0.131 e. The maximum absolute atomic E-state index is 11.0. The molecule has 0 unspecified atom stereocenters. The number of hydrogen-bond donors (Lipinski definition) is 1. The summed E-state index contributed by atoms with van der Waals surface area (Å²) >= 11 is 0. The average molecular weight is 324 g/mol. The molecule has 0 bridgehead atoms. The van der Waals surface area contributed by atoms with Gasteiger partial charge in [-0.2, -0.15) is 0 Å². The van der Waals surface area contributed by atoms with Gasteiger partial charge in [-0.05, 0) is 53.1 Å². The van der Waals surface area contributed by atoms with Crippen molar-refractivity contribution in [1.29, 1.82) is 0 Å². The van der Waals surface area contributed by atoms with Crippen LogP contribution in [0, 0.1) is 13.8 Å². The van der Waals surface area contributed by atoms with Crippen molar-refractivity contribution in [3.05, 3.63) is 90.0 Å². The lowest BCUT2D eigenvalue weighted by atomic mass is 9.89. The molecule has 0 aromatic heterocycles. The van der Waals surface area contributed by atoms with E-state index >= 15 is 0 Å². The minimum absolute atomic E-state index is 0.349. The van der Waals surface area contributed by atoms with Gasteiger partial charge < -0.3 is 5.11 Å². The van der Waals surface area contributed by atoms with Gasteiger partial charge in [0.25, 0.3) is 0 Å². The van der Waals surface area contributed by atoms with Gasteiger partial charge in [-0.1, -0.05) is 72.8 Å². The van der Waals surface area contributed by atoms with Crippen LogP contribution >= 0.6 is 0 Å². The van der Waals surface area contributed by atoms with E-state index in [1.54, 1.807) is 0 Å². The number of phenolic OH excluding ortho intramolecular Hbond substituents is 1. The molecule has 4 rings (SSSR count). The monoisotopic (exact) mass is 324 g/mol. The Morgan fingerprint density at radius 2 is 1.00 bits per heavy atom. The molecule has 0 aliphatic heterocycles. The highest BCUT2D eigenvalue weighted by molar-refractivity contribution is 6.05. The van der Waals surface area contributed by atoms with Gasteiger partial charge in [0.05, 0.1) is 0 Å². The zero-order chi connectivity index (χ0) is 17.4. The van der Waals surface area contributed by atoms with Crippen molar-refractivity contribution in [3.63, 3.8) is 0 Å². The Labute approximate surface area is 148 Å². The van der Waals surface area contributed by atoms with E-state index in [9.17, 15) is 5.11 Å². The van der Waals surface area contributed by atoms with Gasteiger partial charge in [-0.3, -0.25) is 0 Å². The first-order valence-electron chi connectivity index (χ1n) is 8.53. The van der Waals surface area contributed by atoms with E-state index in [1.807, 2.05) is 30.3 Å². The lowest BCUT2D eigenvalue weighted by Crippen LogP contribution is -1.90. The molecular formula is C24H20O. The van der Waals surface area contributed by atoms with Crippen LogP contribution in [0.1, 0.15) is 11.1 Å². The van der Waals surface area contributed by atoms with E-state index in [1.165, 1.54) is 11.1 Å². The summed E-state index contributed by atoms with van der Waals surface area (Å²) in [5, 5.41) is 12.9. The van der Waals surface area contributed by atoms with Crippen molar-refractivity contribution in [3.8, 4) is 28.0 Å². The second kappa shape index (κ2) is 6.10. The summed E-state index contributed by atoms with van der Waals surface area (Å²) in [6, 6.07) is 26.8. The molecule has 0 saturated heterocycles. The van der Waals surface area contributed by atoms with Crippen molar-refractivity contribution >= 4 is 10.8 Å². The Balaban J connectivity index is 2.12. The summed E-state index contributed by atoms with van der Waals surface area (Å²) < 4.78 is 0. The zero-order valence-electron chi connectivity index (χ0n) is 14.5. The maximum atomic E-state index is 11.0. The van der Waals surface area contributed by atoms with Crippen LogP contribution in [0.3, 0.4) is 0 Å². The third kappa shape index (κ3) is 2.58. The Bertz CT molecular complexity index is 1080. The molecule has 0 atom stereocenters. The van der Waals surface area contributed by atoms with Gasteiger partial charge in [-0.25, -0.2) is 0 Å². The molecular weight excluding hydrogens is 304 g/mol. The van der Waals surface area contributed by atoms with Gasteiger partial charge in [-0.15, -0.1) is 0 Å². The predicted octanol–water partition coefficient (Wildman–Crippen LogP) is 6.50. The summed E-state index contributed by atoms with van der Waals surface area (Å²) in [6.45, 7) is 4.21. The molecule has 122 valence electrons. The van der Waals surface area contributed by atoms with Crippen LogP contribution in [-0.2, 0) is 0 Å². The van der Waals surface area contributed by atoms with E-state index in [0.717, 1.165) is 33.0 Å². The Kier molecular flexibility index (Phi) is 3.77. The topological polar surface area (TPSA) is 20.2 Å². The molecule has 1 heteroatoms. The van der Waals surface area contributed by atoms with Crippen LogP contribution in [-0.4, -0.2) is 5.11 Å². The highest BCUT2D eigenvalue weighted by atomic mass is 16.3. The number of phenols is 1. The second-order valence-corrected chi connectivity index (χ2v) is 6.50. The lowest BCUT2D eigenvalue weighted by molar-refractivity contribution is 0.483. The SMILES string of the molecule is Cc1ccccc1-c1cc(-c2ccccc2C)c2ccccc2c1O. The molecule has 25 heavy (non-hydrogen) atoms. The van der Waals surface area contributed by atoms with Crippen LogP contribution in [0.15, 0.2) is 78.9 Å². The van der Waals surface area contributed by atoms with E-state index in [0.29, 0.717) is 5.75 Å². The Hall–Kier alpha value is -3.06. The number of hydrogen-bond acceptors (Lipinski definition) is 1. The molecule has 0 aliphatic rings. The fraction of sp³-hybridized carbons (Fsp3) is 0.0833. The third-order valence-corrected chi connectivity index (χ3v) is 4.89. The zero-order valence-corrected chi connectivity index (χ0v) is 14.5. The van der Waals surface area contributed by atoms with Crippen molar-refractivity contribution in [2.75, 3.05) is 0 Å². The van der Waals surface area contributed by atoms with Gasteiger partial charge >= 0.3 is 0 Å². The molecule has 4 aromatic rings. The normalized spacial score (nSPS) is 11.0. The fourth-order valence-electron chi connectivity index (χ4n) is 3.54. The molecule has 0 aliphatic carbocycles. The Morgan fingerprint density at radius 3 is 1.60 bits per heavy atom. The fourth-order valence-corrected chi connectivity index (χ4v) is 3.54.